The predicted octanol–water partition coefficient (Wildman–Crippen LogP) is -0.680. The van der Waals surface area contributed by atoms with Crippen molar-refractivity contribution in [2.45, 2.75) is 6.61 Å². The van der Waals surface area contributed by atoms with E-state index in [1.165, 1.54) is 0 Å². The molecule has 0 saturated carbocycles. The Hall–Kier alpha value is -2.86. The number of hydrogen-bond donors (Lipinski definition) is 2. The van der Waals surface area contributed by atoms with Gasteiger partial charge in [-0.1, -0.05) is 30.3 Å². The molecule has 2 rings (SSSR count). The molecule has 188 valence electrons. The molecule has 0 unspecified atom stereocenters. The van der Waals surface area contributed by atoms with Crippen molar-refractivity contribution in [3.63, 3.8) is 0 Å². The number of ether oxygens (including phenoxy) is 1. The Labute approximate surface area is 199 Å². The van der Waals surface area contributed by atoms with Crippen molar-refractivity contribution in [1.82, 2.24) is 19.6 Å². The van der Waals surface area contributed by atoms with Gasteiger partial charge in [0.15, 0.2) is 0 Å². The standard InChI is InChI=1S/C23H34N4O7/c28-15-14-24-6-8-25(16-21(29)30)10-11-26(17-22(31)32)12-13-27(9-7-24)18-23(33)34-19-20-4-2-1-3-5-20/h1-5,15H,6-14,16-19H2,(H,29,30)(H,31,32). The smallest absolute Gasteiger partial charge is 0.320 e. The third-order valence-electron chi connectivity index (χ3n) is 5.58. The Kier molecular flexibility index (Phi) is 12.2. The highest BCUT2D eigenvalue weighted by Crippen LogP contribution is 2.04. The van der Waals surface area contributed by atoms with E-state index in [1.807, 2.05) is 40.1 Å². The minimum absolute atomic E-state index is 0.0494. The Balaban J connectivity index is 2.03. The average Bonchev–Trinajstić information content (AvgIpc) is 2.79. The molecule has 1 fully saturated rings. The lowest BCUT2D eigenvalue weighted by Gasteiger charge is -2.32. The number of aliphatic carboxylic acids is 2. The molecule has 1 aromatic rings. The summed E-state index contributed by atoms with van der Waals surface area (Å²) >= 11 is 0. The van der Waals surface area contributed by atoms with Gasteiger partial charge in [-0.2, -0.15) is 0 Å². The van der Waals surface area contributed by atoms with Gasteiger partial charge in [0.2, 0.25) is 0 Å². The molecule has 0 spiro atoms. The number of aldehydes is 1. The van der Waals surface area contributed by atoms with Crippen molar-refractivity contribution in [2.75, 3.05) is 78.5 Å². The van der Waals surface area contributed by atoms with Crippen LogP contribution in [0.3, 0.4) is 0 Å². The second-order valence-corrected chi connectivity index (χ2v) is 8.23. The lowest BCUT2D eigenvalue weighted by atomic mass is 10.2. The maximum absolute atomic E-state index is 12.5. The number of carbonyl (C=O) groups excluding carboxylic acids is 2. The predicted molar refractivity (Wildman–Crippen MR) is 123 cm³/mol. The summed E-state index contributed by atoms with van der Waals surface area (Å²) in [6, 6.07) is 9.37. The van der Waals surface area contributed by atoms with Crippen LogP contribution in [-0.4, -0.2) is 133 Å². The summed E-state index contributed by atoms with van der Waals surface area (Å²) in [6.07, 6.45) is 0.806. The number of rotatable bonds is 10. The topological polar surface area (TPSA) is 131 Å². The number of hydrogen-bond acceptors (Lipinski definition) is 9. The third kappa shape index (κ3) is 11.3. The van der Waals surface area contributed by atoms with Gasteiger partial charge in [0.25, 0.3) is 0 Å². The monoisotopic (exact) mass is 478 g/mol. The number of carbonyl (C=O) groups is 4. The highest BCUT2D eigenvalue weighted by atomic mass is 16.5. The van der Waals surface area contributed by atoms with E-state index in [-0.39, 0.29) is 38.8 Å². The lowest BCUT2D eigenvalue weighted by Crippen LogP contribution is -2.48. The fourth-order valence-electron chi connectivity index (χ4n) is 3.69. The summed E-state index contributed by atoms with van der Waals surface area (Å²) < 4.78 is 5.40. The van der Waals surface area contributed by atoms with Crippen molar-refractivity contribution < 1.29 is 34.1 Å². The number of nitrogens with zero attached hydrogens (tertiary/aromatic N) is 4. The van der Waals surface area contributed by atoms with Crippen molar-refractivity contribution >= 4 is 24.2 Å². The Morgan fingerprint density at radius 3 is 1.62 bits per heavy atom. The molecule has 1 aromatic carbocycles. The van der Waals surface area contributed by atoms with Crippen LogP contribution in [0.4, 0.5) is 0 Å². The van der Waals surface area contributed by atoms with Gasteiger partial charge in [-0.3, -0.25) is 34.0 Å². The van der Waals surface area contributed by atoms with Gasteiger partial charge >= 0.3 is 17.9 Å². The van der Waals surface area contributed by atoms with Crippen molar-refractivity contribution in [2.24, 2.45) is 0 Å². The van der Waals surface area contributed by atoms with Gasteiger partial charge in [0.1, 0.15) is 12.9 Å². The number of benzene rings is 1. The van der Waals surface area contributed by atoms with E-state index < -0.39 is 11.9 Å². The molecule has 1 aliphatic heterocycles. The average molecular weight is 479 g/mol. The van der Waals surface area contributed by atoms with Gasteiger partial charge in [-0.15, -0.1) is 0 Å². The van der Waals surface area contributed by atoms with Gasteiger partial charge < -0.3 is 19.7 Å². The molecule has 1 saturated heterocycles. The van der Waals surface area contributed by atoms with Crippen molar-refractivity contribution in [3.8, 4) is 0 Å². The SMILES string of the molecule is O=CCN1CCN(CC(=O)O)CCN(CC(=O)O)CCN(CC(=O)OCc2ccccc2)CC1. The number of esters is 1. The van der Waals surface area contributed by atoms with Crippen LogP contribution in [0.25, 0.3) is 0 Å². The zero-order valence-electron chi connectivity index (χ0n) is 19.4. The first-order chi connectivity index (χ1) is 16.4. The maximum atomic E-state index is 12.5. The first-order valence-electron chi connectivity index (χ1n) is 11.3. The summed E-state index contributed by atoms with van der Waals surface area (Å²) in [5, 5.41) is 18.5. The fourth-order valence-corrected chi connectivity index (χ4v) is 3.69. The molecule has 34 heavy (non-hydrogen) atoms. The number of carboxylic acids is 2. The van der Waals surface area contributed by atoms with E-state index >= 15 is 0 Å². The van der Waals surface area contributed by atoms with Gasteiger partial charge in [-0.05, 0) is 5.56 Å². The van der Waals surface area contributed by atoms with Crippen LogP contribution in [0, 0.1) is 0 Å². The maximum Gasteiger partial charge on any atom is 0.320 e. The Bertz CT molecular complexity index is 793. The van der Waals surface area contributed by atoms with Crippen LogP contribution >= 0.6 is 0 Å². The van der Waals surface area contributed by atoms with E-state index in [9.17, 15) is 29.4 Å². The third-order valence-corrected chi connectivity index (χ3v) is 5.58. The highest BCUT2D eigenvalue weighted by Gasteiger charge is 2.20. The molecule has 0 amide bonds. The van der Waals surface area contributed by atoms with Crippen LogP contribution in [0.1, 0.15) is 5.56 Å². The molecule has 0 atom stereocenters. The van der Waals surface area contributed by atoms with Crippen LogP contribution in [0.5, 0.6) is 0 Å². The molecular formula is C23H34N4O7. The zero-order valence-corrected chi connectivity index (χ0v) is 19.4. The van der Waals surface area contributed by atoms with E-state index in [4.69, 9.17) is 4.74 Å². The van der Waals surface area contributed by atoms with Crippen molar-refractivity contribution in [1.29, 1.82) is 0 Å². The van der Waals surface area contributed by atoms with Crippen LogP contribution in [0.15, 0.2) is 30.3 Å². The van der Waals surface area contributed by atoms with Crippen LogP contribution in [-0.2, 0) is 30.5 Å². The van der Waals surface area contributed by atoms with Crippen molar-refractivity contribution in [3.05, 3.63) is 35.9 Å². The molecule has 0 aromatic heterocycles. The molecule has 1 heterocycles. The zero-order chi connectivity index (χ0) is 24.8. The van der Waals surface area contributed by atoms with E-state index in [0.717, 1.165) is 11.8 Å². The van der Waals surface area contributed by atoms with Crippen LogP contribution < -0.4 is 0 Å². The van der Waals surface area contributed by atoms with E-state index in [1.54, 1.807) is 9.80 Å². The quantitative estimate of drug-likeness (QED) is 0.328. The molecule has 0 radical (unpaired) electrons. The van der Waals surface area contributed by atoms with E-state index in [0.29, 0.717) is 52.4 Å². The summed E-state index contributed by atoms with van der Waals surface area (Å²) in [6.45, 7) is 3.58. The summed E-state index contributed by atoms with van der Waals surface area (Å²) in [4.78, 5) is 53.5. The molecule has 1 aliphatic rings. The largest absolute Gasteiger partial charge is 0.480 e. The molecule has 2 N–H and O–H groups in total. The highest BCUT2D eigenvalue weighted by molar-refractivity contribution is 5.71. The molecule has 0 bridgehead atoms. The first kappa shape index (κ1) is 27.4. The van der Waals surface area contributed by atoms with Gasteiger partial charge in [0, 0.05) is 52.4 Å². The first-order valence-corrected chi connectivity index (χ1v) is 11.3. The second kappa shape index (κ2) is 15.1. The molecule has 11 nitrogen and oxygen atoms in total. The molecule has 11 heteroatoms. The number of carboxylic acid groups (broad SMARTS) is 2. The minimum atomic E-state index is -0.970. The van der Waals surface area contributed by atoms with E-state index in [2.05, 4.69) is 0 Å². The van der Waals surface area contributed by atoms with Gasteiger partial charge in [-0.25, -0.2) is 0 Å². The fraction of sp³-hybridized carbons (Fsp3) is 0.565. The summed E-state index contributed by atoms with van der Waals surface area (Å²) in [5.74, 6) is -2.31. The Morgan fingerprint density at radius 2 is 1.18 bits per heavy atom. The molecular weight excluding hydrogens is 444 g/mol. The summed E-state index contributed by atoms with van der Waals surface area (Å²) in [5.41, 5.74) is 0.889. The van der Waals surface area contributed by atoms with Gasteiger partial charge in [0.05, 0.1) is 26.2 Å². The molecule has 0 aliphatic carbocycles. The minimum Gasteiger partial charge on any atom is -0.480 e. The second-order valence-electron chi connectivity index (χ2n) is 8.23. The lowest BCUT2D eigenvalue weighted by molar-refractivity contribution is -0.146. The Morgan fingerprint density at radius 1 is 0.735 bits per heavy atom. The van der Waals surface area contributed by atoms with Crippen LogP contribution in [0.2, 0.25) is 0 Å². The normalized spacial score (nSPS) is 17.9. The summed E-state index contributed by atoms with van der Waals surface area (Å²) in [7, 11) is 0.